The van der Waals surface area contributed by atoms with Crippen molar-refractivity contribution < 1.29 is 8.42 Å². The molecule has 0 aromatic heterocycles. The van der Waals surface area contributed by atoms with Crippen LogP contribution in [0.3, 0.4) is 0 Å². The summed E-state index contributed by atoms with van der Waals surface area (Å²) >= 11 is 0. The van der Waals surface area contributed by atoms with Crippen molar-refractivity contribution in [2.45, 2.75) is 50.3 Å². The molecule has 0 unspecified atom stereocenters. The lowest BCUT2D eigenvalue weighted by Crippen LogP contribution is -2.38. The zero-order valence-corrected chi connectivity index (χ0v) is 13.4. The first-order valence-corrected chi connectivity index (χ1v) is 8.96. The van der Waals surface area contributed by atoms with Crippen molar-refractivity contribution in [3.8, 4) is 12.3 Å². The zero-order chi connectivity index (χ0) is 15.3. The predicted molar refractivity (Wildman–Crippen MR) is 85.3 cm³/mol. The number of hydrogen-bond acceptors (Lipinski definition) is 2. The van der Waals surface area contributed by atoms with Gasteiger partial charge in [0.25, 0.3) is 0 Å². The molecule has 1 aromatic rings. The molecule has 1 N–H and O–H groups in total. The summed E-state index contributed by atoms with van der Waals surface area (Å²) < 4.78 is 27.5. The molecule has 0 atom stereocenters. The minimum Gasteiger partial charge on any atom is -0.211 e. The first-order valence-electron chi connectivity index (χ1n) is 7.47. The molecule has 0 spiro atoms. The van der Waals surface area contributed by atoms with Gasteiger partial charge in [0.1, 0.15) is 0 Å². The first-order chi connectivity index (χ1) is 9.97. The summed E-state index contributed by atoms with van der Waals surface area (Å²) in [5.74, 6) is 2.73. The van der Waals surface area contributed by atoms with E-state index in [-0.39, 0.29) is 5.41 Å². The van der Waals surface area contributed by atoms with Crippen LogP contribution in [0.4, 0.5) is 0 Å². The highest BCUT2D eigenvalue weighted by atomic mass is 32.2. The van der Waals surface area contributed by atoms with Crippen LogP contribution in [0, 0.1) is 24.7 Å². The highest BCUT2D eigenvalue weighted by molar-refractivity contribution is 7.89. The summed E-state index contributed by atoms with van der Waals surface area (Å²) in [6.07, 6.45) is 11.6. The van der Waals surface area contributed by atoms with Gasteiger partial charge in [-0.3, -0.25) is 0 Å². The van der Waals surface area contributed by atoms with Gasteiger partial charge in [-0.05, 0) is 37.3 Å². The second kappa shape index (κ2) is 6.64. The molecule has 1 fully saturated rings. The molecule has 1 aromatic carbocycles. The third kappa shape index (κ3) is 4.09. The van der Waals surface area contributed by atoms with Crippen molar-refractivity contribution in [1.29, 1.82) is 0 Å². The highest BCUT2D eigenvalue weighted by Gasteiger charge is 2.32. The molecule has 1 aliphatic carbocycles. The second-order valence-corrected chi connectivity index (χ2v) is 7.85. The predicted octanol–water partition coefficient (Wildman–Crippen LogP) is 3.25. The number of sulfonamides is 1. The molecule has 0 amide bonds. The van der Waals surface area contributed by atoms with E-state index in [4.69, 9.17) is 6.42 Å². The number of nitrogens with one attached hydrogen (secondary N) is 1. The third-order valence-electron chi connectivity index (χ3n) is 4.36. The van der Waals surface area contributed by atoms with E-state index in [0.29, 0.717) is 17.9 Å². The molecule has 4 heteroatoms. The summed E-state index contributed by atoms with van der Waals surface area (Å²) in [5, 5.41) is 0. The van der Waals surface area contributed by atoms with Crippen LogP contribution in [0.15, 0.2) is 29.2 Å². The normalized spacial score (nSPS) is 18.1. The Morgan fingerprint density at radius 3 is 2.38 bits per heavy atom. The Morgan fingerprint density at radius 1 is 1.19 bits per heavy atom. The molecule has 3 nitrogen and oxygen atoms in total. The zero-order valence-electron chi connectivity index (χ0n) is 12.6. The fourth-order valence-electron chi connectivity index (χ4n) is 2.98. The quantitative estimate of drug-likeness (QED) is 0.849. The molecule has 0 saturated heterocycles. The number of aryl methyl sites for hydroxylation is 1. The molecule has 21 heavy (non-hydrogen) atoms. The third-order valence-corrected chi connectivity index (χ3v) is 5.78. The van der Waals surface area contributed by atoms with E-state index in [1.54, 1.807) is 12.1 Å². The summed E-state index contributed by atoms with van der Waals surface area (Å²) in [7, 11) is -3.45. The lowest BCUT2D eigenvalue weighted by molar-refractivity contribution is 0.198. The Hall–Kier alpha value is -1.31. The topological polar surface area (TPSA) is 46.2 Å². The van der Waals surface area contributed by atoms with E-state index in [9.17, 15) is 8.42 Å². The SMILES string of the molecule is C#CCC1(CNS(=O)(=O)c2ccc(C)cc2)CCCCC1. The van der Waals surface area contributed by atoms with Gasteiger partial charge in [0.05, 0.1) is 4.90 Å². The van der Waals surface area contributed by atoms with Crippen molar-refractivity contribution >= 4 is 10.0 Å². The average molecular weight is 305 g/mol. The van der Waals surface area contributed by atoms with Crippen LogP contribution in [0.25, 0.3) is 0 Å². The fraction of sp³-hybridized carbons (Fsp3) is 0.529. The number of rotatable bonds is 5. The molecular formula is C17H23NO2S. The standard InChI is InChI=1S/C17H23NO2S/c1-3-11-17(12-5-4-6-13-17)14-18-21(19,20)16-9-7-15(2)8-10-16/h1,7-10,18H,4-6,11-14H2,2H3. The van der Waals surface area contributed by atoms with Crippen LogP contribution >= 0.6 is 0 Å². The second-order valence-electron chi connectivity index (χ2n) is 6.08. The van der Waals surface area contributed by atoms with Gasteiger partial charge in [0.15, 0.2) is 0 Å². The van der Waals surface area contributed by atoms with E-state index in [2.05, 4.69) is 10.6 Å². The van der Waals surface area contributed by atoms with Crippen LogP contribution < -0.4 is 4.72 Å². The minimum absolute atomic E-state index is 0.0647. The largest absolute Gasteiger partial charge is 0.240 e. The molecule has 0 radical (unpaired) electrons. The van der Waals surface area contributed by atoms with E-state index in [1.165, 1.54) is 6.42 Å². The van der Waals surface area contributed by atoms with Crippen LogP contribution in [-0.2, 0) is 10.0 Å². The maximum absolute atomic E-state index is 12.4. The van der Waals surface area contributed by atoms with E-state index in [1.807, 2.05) is 19.1 Å². The maximum Gasteiger partial charge on any atom is 0.240 e. The molecule has 114 valence electrons. The van der Waals surface area contributed by atoms with Crippen LogP contribution in [-0.4, -0.2) is 15.0 Å². The molecular weight excluding hydrogens is 282 g/mol. The highest BCUT2D eigenvalue weighted by Crippen LogP contribution is 2.38. The Labute approximate surface area is 128 Å². The lowest BCUT2D eigenvalue weighted by atomic mass is 9.72. The van der Waals surface area contributed by atoms with Gasteiger partial charge in [-0.2, -0.15) is 0 Å². The first kappa shape index (κ1) is 16.1. The van der Waals surface area contributed by atoms with Crippen molar-refractivity contribution in [2.75, 3.05) is 6.54 Å². The minimum atomic E-state index is -3.45. The number of hydrogen-bond donors (Lipinski definition) is 1. The van der Waals surface area contributed by atoms with Crippen LogP contribution in [0.2, 0.25) is 0 Å². The Balaban J connectivity index is 2.09. The Kier molecular flexibility index (Phi) is 5.08. The van der Waals surface area contributed by atoms with Crippen LogP contribution in [0.5, 0.6) is 0 Å². The molecule has 1 saturated carbocycles. The summed E-state index contributed by atoms with van der Waals surface area (Å²) in [4.78, 5) is 0.319. The molecule has 0 heterocycles. The fourth-order valence-corrected chi connectivity index (χ4v) is 4.14. The van der Waals surface area contributed by atoms with E-state index < -0.39 is 10.0 Å². The molecule has 0 aliphatic heterocycles. The summed E-state index contributed by atoms with van der Waals surface area (Å²) in [6.45, 7) is 2.38. The van der Waals surface area contributed by atoms with Crippen molar-refractivity contribution in [3.63, 3.8) is 0 Å². The van der Waals surface area contributed by atoms with Crippen LogP contribution in [0.1, 0.15) is 44.1 Å². The summed E-state index contributed by atoms with van der Waals surface area (Å²) in [5.41, 5.74) is 0.982. The summed E-state index contributed by atoms with van der Waals surface area (Å²) in [6, 6.07) is 6.91. The van der Waals surface area contributed by atoms with E-state index >= 15 is 0 Å². The smallest absolute Gasteiger partial charge is 0.211 e. The number of benzene rings is 1. The van der Waals surface area contributed by atoms with Crippen molar-refractivity contribution in [1.82, 2.24) is 4.72 Å². The van der Waals surface area contributed by atoms with E-state index in [0.717, 1.165) is 31.2 Å². The van der Waals surface area contributed by atoms with Gasteiger partial charge in [-0.15, -0.1) is 12.3 Å². The van der Waals surface area contributed by atoms with Crippen molar-refractivity contribution in [3.05, 3.63) is 29.8 Å². The lowest BCUT2D eigenvalue weighted by Gasteiger charge is -2.36. The Bertz CT molecular complexity index is 605. The van der Waals surface area contributed by atoms with Gasteiger partial charge in [-0.25, -0.2) is 13.1 Å². The average Bonchev–Trinajstić information content (AvgIpc) is 2.47. The maximum atomic E-state index is 12.4. The molecule has 2 rings (SSSR count). The van der Waals surface area contributed by atoms with Gasteiger partial charge >= 0.3 is 0 Å². The number of terminal acetylenes is 1. The van der Waals surface area contributed by atoms with Crippen molar-refractivity contribution in [2.24, 2.45) is 5.41 Å². The monoisotopic (exact) mass is 305 g/mol. The van der Waals surface area contributed by atoms with Gasteiger partial charge in [0.2, 0.25) is 10.0 Å². The van der Waals surface area contributed by atoms with Gasteiger partial charge in [-0.1, -0.05) is 37.0 Å². The van der Waals surface area contributed by atoms with Gasteiger partial charge in [0, 0.05) is 13.0 Å². The molecule has 0 bridgehead atoms. The Morgan fingerprint density at radius 2 is 1.81 bits per heavy atom. The van der Waals surface area contributed by atoms with Gasteiger partial charge < -0.3 is 0 Å². The molecule has 1 aliphatic rings.